The minimum absolute atomic E-state index is 0.217. The molecule has 1 N–H and O–H groups in total. The molecule has 5 heteroatoms. The highest BCUT2D eigenvalue weighted by molar-refractivity contribution is 9.10. The van der Waals surface area contributed by atoms with E-state index in [0.717, 1.165) is 11.3 Å². The van der Waals surface area contributed by atoms with Crippen molar-refractivity contribution in [2.45, 2.75) is 13.3 Å². The van der Waals surface area contributed by atoms with Crippen LogP contribution in [0.4, 0.5) is 10.1 Å². The molecule has 0 saturated carbocycles. The molecule has 0 aliphatic rings. The van der Waals surface area contributed by atoms with Crippen molar-refractivity contribution in [3.8, 4) is 0 Å². The van der Waals surface area contributed by atoms with Crippen LogP contribution in [0.1, 0.15) is 21.5 Å². The van der Waals surface area contributed by atoms with Gasteiger partial charge in [0.25, 0.3) is 5.91 Å². The van der Waals surface area contributed by atoms with E-state index in [-0.39, 0.29) is 11.7 Å². The third kappa shape index (κ3) is 2.97. The number of hydrogen-bond acceptors (Lipinski definition) is 2. The zero-order valence-corrected chi connectivity index (χ0v) is 12.1. The third-order valence-corrected chi connectivity index (χ3v) is 4.33. The van der Waals surface area contributed by atoms with Crippen LogP contribution in [0.2, 0.25) is 0 Å². The molecule has 0 saturated heterocycles. The summed E-state index contributed by atoms with van der Waals surface area (Å²) in [4.78, 5) is 13.7. The van der Waals surface area contributed by atoms with Gasteiger partial charge in [0.2, 0.25) is 0 Å². The van der Waals surface area contributed by atoms with Crippen molar-refractivity contribution in [1.29, 1.82) is 0 Å². The molecular formula is C13H11BrFNOS. The van der Waals surface area contributed by atoms with Crippen molar-refractivity contribution < 1.29 is 9.18 Å². The van der Waals surface area contributed by atoms with Crippen LogP contribution in [0.15, 0.2) is 34.8 Å². The van der Waals surface area contributed by atoms with Crippen LogP contribution >= 0.6 is 27.3 Å². The largest absolute Gasteiger partial charge is 0.320 e. The lowest BCUT2D eigenvalue weighted by Gasteiger charge is -2.06. The third-order valence-electron chi connectivity index (χ3n) is 2.41. The quantitative estimate of drug-likeness (QED) is 0.885. The SMILES string of the molecule is CCc1ccc(C(=O)Nc2cc(F)ccc2Br)s1. The summed E-state index contributed by atoms with van der Waals surface area (Å²) in [7, 11) is 0. The van der Waals surface area contributed by atoms with E-state index >= 15 is 0 Å². The number of amides is 1. The number of aryl methyl sites for hydroxylation is 1. The number of carbonyl (C=O) groups is 1. The van der Waals surface area contributed by atoms with Crippen LogP contribution in [-0.2, 0) is 6.42 Å². The van der Waals surface area contributed by atoms with Gasteiger partial charge in [-0.1, -0.05) is 6.92 Å². The summed E-state index contributed by atoms with van der Waals surface area (Å²) in [5, 5.41) is 2.69. The number of nitrogens with one attached hydrogen (secondary N) is 1. The Morgan fingerprint density at radius 1 is 1.39 bits per heavy atom. The average Bonchev–Trinajstić information content (AvgIpc) is 2.82. The molecule has 0 aliphatic carbocycles. The molecule has 18 heavy (non-hydrogen) atoms. The Hall–Kier alpha value is -1.20. The number of benzene rings is 1. The summed E-state index contributed by atoms with van der Waals surface area (Å²) < 4.78 is 13.7. The molecule has 0 fully saturated rings. The Bertz CT molecular complexity index is 582. The highest BCUT2D eigenvalue weighted by Crippen LogP contribution is 2.25. The fourth-order valence-corrected chi connectivity index (χ4v) is 2.66. The van der Waals surface area contributed by atoms with Crippen LogP contribution in [0.3, 0.4) is 0 Å². The lowest BCUT2D eigenvalue weighted by molar-refractivity contribution is 0.103. The standard InChI is InChI=1S/C13H11BrFNOS/c1-2-9-4-6-12(18-9)13(17)16-11-7-8(15)3-5-10(11)14/h3-7H,2H2,1H3,(H,16,17). The summed E-state index contributed by atoms with van der Waals surface area (Å²) in [5.74, 6) is -0.597. The zero-order chi connectivity index (χ0) is 13.1. The summed E-state index contributed by atoms with van der Waals surface area (Å²) >= 11 is 4.72. The number of halogens is 2. The Balaban J connectivity index is 2.18. The van der Waals surface area contributed by atoms with E-state index in [2.05, 4.69) is 21.2 Å². The van der Waals surface area contributed by atoms with E-state index < -0.39 is 0 Å². The highest BCUT2D eigenvalue weighted by Gasteiger charge is 2.11. The fourth-order valence-electron chi connectivity index (χ4n) is 1.47. The molecule has 2 aromatic rings. The van der Waals surface area contributed by atoms with Crippen molar-refractivity contribution in [2.75, 3.05) is 5.32 Å². The van der Waals surface area contributed by atoms with Crippen molar-refractivity contribution in [2.24, 2.45) is 0 Å². The van der Waals surface area contributed by atoms with Gasteiger partial charge in [0.05, 0.1) is 10.6 Å². The van der Waals surface area contributed by atoms with Crippen LogP contribution in [-0.4, -0.2) is 5.91 Å². The summed E-state index contributed by atoms with van der Waals surface area (Å²) in [6.45, 7) is 2.04. The predicted molar refractivity (Wildman–Crippen MR) is 75.8 cm³/mol. The minimum Gasteiger partial charge on any atom is -0.320 e. The first-order chi connectivity index (χ1) is 8.60. The van der Waals surface area contributed by atoms with E-state index in [4.69, 9.17) is 0 Å². The summed E-state index contributed by atoms with van der Waals surface area (Å²) in [6, 6.07) is 7.90. The molecule has 2 rings (SSSR count). The zero-order valence-electron chi connectivity index (χ0n) is 9.67. The molecule has 0 aliphatic heterocycles. The number of carbonyl (C=O) groups excluding carboxylic acids is 1. The van der Waals surface area contributed by atoms with E-state index in [1.54, 1.807) is 12.1 Å². The van der Waals surface area contributed by atoms with Gasteiger partial charge >= 0.3 is 0 Å². The number of thiophene rings is 1. The molecule has 1 heterocycles. The monoisotopic (exact) mass is 327 g/mol. The summed E-state index contributed by atoms with van der Waals surface area (Å²) in [5.41, 5.74) is 0.437. The average molecular weight is 328 g/mol. The molecule has 1 aromatic heterocycles. The van der Waals surface area contributed by atoms with Gasteiger partial charge in [-0.2, -0.15) is 0 Å². The maximum atomic E-state index is 13.1. The van der Waals surface area contributed by atoms with Gasteiger partial charge < -0.3 is 5.32 Å². The Morgan fingerprint density at radius 2 is 2.17 bits per heavy atom. The molecule has 1 amide bonds. The van der Waals surface area contributed by atoms with Crippen LogP contribution in [0, 0.1) is 5.82 Å². The van der Waals surface area contributed by atoms with Crippen LogP contribution in [0.5, 0.6) is 0 Å². The molecule has 94 valence electrons. The first-order valence-electron chi connectivity index (χ1n) is 5.45. The van der Waals surface area contributed by atoms with E-state index in [9.17, 15) is 9.18 Å². The molecule has 0 radical (unpaired) electrons. The molecule has 0 atom stereocenters. The smallest absolute Gasteiger partial charge is 0.265 e. The van der Waals surface area contributed by atoms with Gasteiger partial charge in [-0.3, -0.25) is 4.79 Å². The van der Waals surface area contributed by atoms with Gasteiger partial charge in [0, 0.05) is 9.35 Å². The van der Waals surface area contributed by atoms with Gasteiger partial charge in [-0.15, -0.1) is 11.3 Å². The second-order valence-corrected chi connectivity index (χ2v) is 5.72. The van der Waals surface area contributed by atoms with Gasteiger partial charge in [-0.25, -0.2) is 4.39 Å². The highest BCUT2D eigenvalue weighted by atomic mass is 79.9. The lowest BCUT2D eigenvalue weighted by Crippen LogP contribution is -2.10. The molecule has 0 bridgehead atoms. The molecule has 0 unspecified atom stereocenters. The minimum atomic E-state index is -0.381. The normalized spacial score (nSPS) is 10.4. The molecule has 2 nitrogen and oxygen atoms in total. The van der Waals surface area contributed by atoms with E-state index in [0.29, 0.717) is 15.0 Å². The van der Waals surface area contributed by atoms with Gasteiger partial charge in [-0.05, 0) is 52.7 Å². The van der Waals surface area contributed by atoms with Crippen LogP contribution in [0.25, 0.3) is 0 Å². The van der Waals surface area contributed by atoms with Crippen molar-refractivity contribution >= 4 is 38.9 Å². The Labute approximate surface area is 117 Å². The maximum Gasteiger partial charge on any atom is 0.265 e. The van der Waals surface area contributed by atoms with Gasteiger partial charge in [0.15, 0.2) is 0 Å². The van der Waals surface area contributed by atoms with E-state index in [1.807, 2.05) is 13.0 Å². The number of rotatable bonds is 3. The fraction of sp³-hybridized carbons (Fsp3) is 0.154. The molecule has 0 spiro atoms. The summed E-state index contributed by atoms with van der Waals surface area (Å²) in [6.07, 6.45) is 0.904. The first-order valence-corrected chi connectivity index (χ1v) is 7.06. The van der Waals surface area contributed by atoms with Crippen molar-refractivity contribution in [3.05, 3.63) is 50.4 Å². The van der Waals surface area contributed by atoms with Crippen molar-refractivity contribution in [3.63, 3.8) is 0 Å². The maximum absolute atomic E-state index is 13.1. The van der Waals surface area contributed by atoms with Crippen molar-refractivity contribution in [1.82, 2.24) is 0 Å². The van der Waals surface area contributed by atoms with Gasteiger partial charge in [0.1, 0.15) is 5.82 Å². The van der Waals surface area contributed by atoms with E-state index in [1.165, 1.54) is 23.5 Å². The first kappa shape index (κ1) is 13.2. The topological polar surface area (TPSA) is 29.1 Å². The Morgan fingerprint density at radius 3 is 2.83 bits per heavy atom. The number of hydrogen-bond donors (Lipinski definition) is 1. The second kappa shape index (κ2) is 5.63. The van der Waals surface area contributed by atoms with Crippen LogP contribution < -0.4 is 5.32 Å². The molecule has 1 aromatic carbocycles. The second-order valence-electron chi connectivity index (χ2n) is 3.70. The lowest BCUT2D eigenvalue weighted by atomic mass is 10.3. The predicted octanol–water partition coefficient (Wildman–Crippen LogP) is 4.46. The number of anilines is 1. The molecular weight excluding hydrogens is 317 g/mol. The Kier molecular flexibility index (Phi) is 4.14.